The zero-order valence-electron chi connectivity index (χ0n) is 21.1. The third kappa shape index (κ3) is 4.87. The van der Waals surface area contributed by atoms with Crippen LogP contribution in [-0.4, -0.2) is 40.5 Å². The number of nitrogens with zero attached hydrogens (tertiary/aromatic N) is 1. The smallest absolute Gasteiger partial charge is 0.455 e. The van der Waals surface area contributed by atoms with Crippen LogP contribution in [-0.2, 0) is 28.9 Å². The summed E-state index contributed by atoms with van der Waals surface area (Å²) in [5.41, 5.74) is 5.13. The normalized spacial score (nSPS) is 15.7. The van der Waals surface area contributed by atoms with Gasteiger partial charge < -0.3 is 19.4 Å². The summed E-state index contributed by atoms with van der Waals surface area (Å²) in [7, 11) is 0.560. The predicted molar refractivity (Wildman–Crippen MR) is 148 cm³/mol. The molecule has 3 N–H and O–H groups in total. The quantitative estimate of drug-likeness (QED) is 0.239. The van der Waals surface area contributed by atoms with Crippen molar-refractivity contribution in [3.05, 3.63) is 82.7 Å². The minimum Gasteiger partial charge on any atom is -0.455 e. The summed E-state index contributed by atoms with van der Waals surface area (Å²) >= 11 is -2.36. The van der Waals surface area contributed by atoms with Gasteiger partial charge in [0.15, 0.2) is 0 Å². The number of halogens is 1. The molecular formula is C28H26BFN2O6S. The summed E-state index contributed by atoms with van der Waals surface area (Å²) < 4.78 is 49.6. The molecule has 6 rings (SSSR count). The molecule has 1 aliphatic heterocycles. The molecule has 2 heterocycles. The summed E-state index contributed by atoms with van der Waals surface area (Å²) in [5.74, 6) is -0.256. The van der Waals surface area contributed by atoms with Crippen molar-refractivity contribution in [1.29, 1.82) is 0 Å². The monoisotopic (exact) mass is 548 g/mol. The predicted octanol–water partition coefficient (Wildman–Crippen LogP) is 3.88. The van der Waals surface area contributed by atoms with Crippen molar-refractivity contribution in [2.24, 2.45) is 0 Å². The summed E-state index contributed by atoms with van der Waals surface area (Å²) in [6.45, 7) is 0.546. The summed E-state index contributed by atoms with van der Waals surface area (Å²) in [4.78, 5) is 13.0. The van der Waals surface area contributed by atoms with Gasteiger partial charge in [-0.25, -0.2) is 8.60 Å². The Morgan fingerprint density at radius 2 is 1.95 bits per heavy atom. The number of fused-ring (bicyclic) bond motifs is 2. The van der Waals surface area contributed by atoms with Gasteiger partial charge in [0.2, 0.25) is 0 Å². The third-order valence-corrected chi connectivity index (χ3v) is 8.02. The topological polar surface area (TPSA) is 112 Å². The van der Waals surface area contributed by atoms with Gasteiger partial charge in [0.05, 0.1) is 17.8 Å². The molecule has 39 heavy (non-hydrogen) atoms. The van der Waals surface area contributed by atoms with Gasteiger partial charge in [-0.15, -0.1) is 0 Å². The molecule has 4 aromatic rings. The van der Waals surface area contributed by atoms with Gasteiger partial charge in [0, 0.05) is 30.7 Å². The number of hydrogen-bond acceptors (Lipinski definition) is 5. The van der Waals surface area contributed by atoms with Crippen molar-refractivity contribution >= 4 is 46.4 Å². The highest BCUT2D eigenvalue weighted by molar-refractivity contribution is 7.80. The van der Waals surface area contributed by atoms with Gasteiger partial charge in [-0.1, -0.05) is 18.2 Å². The minimum absolute atomic E-state index is 0.145. The molecule has 1 fully saturated rings. The molecule has 1 atom stereocenters. The molecule has 8 nitrogen and oxygen atoms in total. The first-order chi connectivity index (χ1) is 18.8. The SMILES string of the molecule is CNC(=O)c1c(-c2ccc(F)cc2)oc2cc(N(Cc3ccc4c(c3)CCOB4O)S(=O)O)c(C3CC3)cc12. The first-order valence-corrected chi connectivity index (χ1v) is 13.8. The molecule has 0 bridgehead atoms. The second-order valence-corrected chi connectivity index (χ2v) is 10.7. The van der Waals surface area contributed by atoms with Crippen molar-refractivity contribution < 1.29 is 32.0 Å². The standard InChI is InChI=1S/C28H26BFN2O6S/c1-31-28(33)26-22-13-21(17-3-4-17)24(14-25(22)38-27(26)18-5-7-20(30)8-6-18)32(39(35)36)15-16-2-9-23-19(12-16)10-11-37-29(23)34/h2,5-9,12-14,17,34H,3-4,10-11,15H2,1H3,(H,31,33)(H,35,36). The second-order valence-electron chi connectivity index (χ2n) is 9.85. The Bertz CT molecular complexity index is 1600. The maximum atomic E-state index is 13.6. The zero-order chi connectivity index (χ0) is 27.3. The number of furan rings is 1. The first kappa shape index (κ1) is 25.8. The summed E-state index contributed by atoms with van der Waals surface area (Å²) in [5, 5.41) is 13.4. The van der Waals surface area contributed by atoms with Crippen LogP contribution in [0.3, 0.4) is 0 Å². The molecule has 0 saturated heterocycles. The van der Waals surface area contributed by atoms with E-state index >= 15 is 0 Å². The van der Waals surface area contributed by atoms with Crippen LogP contribution in [0, 0.1) is 5.82 Å². The van der Waals surface area contributed by atoms with Gasteiger partial charge in [0.1, 0.15) is 17.2 Å². The van der Waals surface area contributed by atoms with Gasteiger partial charge in [-0.3, -0.25) is 13.7 Å². The summed E-state index contributed by atoms with van der Waals surface area (Å²) in [6, 6.07) is 14.8. The number of anilines is 1. The van der Waals surface area contributed by atoms with E-state index in [0.717, 1.165) is 29.5 Å². The highest BCUT2D eigenvalue weighted by Crippen LogP contribution is 2.48. The molecule has 1 amide bonds. The molecule has 1 aliphatic carbocycles. The van der Waals surface area contributed by atoms with Crippen LogP contribution in [0.2, 0.25) is 0 Å². The van der Waals surface area contributed by atoms with Crippen molar-refractivity contribution in [2.45, 2.75) is 31.7 Å². The van der Waals surface area contributed by atoms with E-state index in [2.05, 4.69) is 5.32 Å². The molecule has 200 valence electrons. The van der Waals surface area contributed by atoms with E-state index in [1.165, 1.54) is 23.5 Å². The zero-order valence-corrected chi connectivity index (χ0v) is 22.0. The van der Waals surface area contributed by atoms with Crippen LogP contribution >= 0.6 is 0 Å². The highest BCUT2D eigenvalue weighted by Gasteiger charge is 2.33. The van der Waals surface area contributed by atoms with Crippen LogP contribution in [0.25, 0.3) is 22.3 Å². The van der Waals surface area contributed by atoms with E-state index in [0.29, 0.717) is 52.0 Å². The number of hydrogen-bond donors (Lipinski definition) is 3. The van der Waals surface area contributed by atoms with E-state index in [1.54, 1.807) is 24.3 Å². The van der Waals surface area contributed by atoms with Crippen LogP contribution in [0.4, 0.5) is 10.1 Å². The lowest BCUT2D eigenvalue weighted by Gasteiger charge is -2.25. The minimum atomic E-state index is -2.36. The van der Waals surface area contributed by atoms with Gasteiger partial charge in [0.25, 0.3) is 17.2 Å². The molecule has 2 aliphatic rings. The molecule has 0 radical (unpaired) electrons. The maximum Gasteiger partial charge on any atom is 0.491 e. The van der Waals surface area contributed by atoms with Crippen LogP contribution < -0.4 is 15.1 Å². The Hall–Kier alpha value is -3.51. The largest absolute Gasteiger partial charge is 0.491 e. The lowest BCUT2D eigenvalue weighted by Crippen LogP contribution is -2.41. The molecular weight excluding hydrogens is 522 g/mol. The highest BCUT2D eigenvalue weighted by atomic mass is 32.2. The Balaban J connectivity index is 1.47. The average molecular weight is 548 g/mol. The van der Waals surface area contributed by atoms with Crippen molar-refractivity contribution in [2.75, 3.05) is 18.0 Å². The third-order valence-electron chi connectivity index (χ3n) is 7.32. The fourth-order valence-corrected chi connectivity index (χ4v) is 5.80. The number of nitrogens with one attached hydrogen (secondary N) is 1. The summed E-state index contributed by atoms with van der Waals surface area (Å²) in [6.07, 6.45) is 2.50. The van der Waals surface area contributed by atoms with E-state index in [4.69, 9.17) is 9.07 Å². The molecule has 0 spiro atoms. The number of carbonyl (C=O) groups excluding carboxylic acids is 1. The molecule has 11 heteroatoms. The number of rotatable bonds is 7. The number of amides is 1. The Kier molecular flexibility index (Phi) is 6.76. The van der Waals surface area contributed by atoms with E-state index in [9.17, 15) is 23.0 Å². The number of carbonyl (C=O) groups is 1. The number of benzene rings is 3. The van der Waals surface area contributed by atoms with Gasteiger partial charge in [-0.05, 0) is 77.7 Å². The van der Waals surface area contributed by atoms with Gasteiger partial charge >= 0.3 is 7.12 Å². The van der Waals surface area contributed by atoms with E-state index in [-0.39, 0.29) is 18.4 Å². The fraction of sp³-hybridized carbons (Fsp3) is 0.250. The van der Waals surface area contributed by atoms with Gasteiger partial charge in [-0.2, -0.15) is 0 Å². The van der Waals surface area contributed by atoms with E-state index < -0.39 is 24.2 Å². The second kappa shape index (κ2) is 10.2. The Labute approximate surface area is 227 Å². The first-order valence-electron chi connectivity index (χ1n) is 12.7. The molecule has 1 aromatic heterocycles. The Morgan fingerprint density at radius 3 is 2.64 bits per heavy atom. The van der Waals surface area contributed by atoms with Crippen LogP contribution in [0.1, 0.15) is 45.8 Å². The van der Waals surface area contributed by atoms with E-state index in [1.807, 2.05) is 18.2 Å². The average Bonchev–Trinajstić information content (AvgIpc) is 3.71. The maximum absolute atomic E-state index is 13.6. The lowest BCUT2D eigenvalue weighted by atomic mass is 9.73. The molecule has 3 aromatic carbocycles. The van der Waals surface area contributed by atoms with Crippen LogP contribution in [0.5, 0.6) is 0 Å². The van der Waals surface area contributed by atoms with Crippen LogP contribution in [0.15, 0.2) is 59.0 Å². The fourth-order valence-electron chi connectivity index (χ4n) is 5.22. The van der Waals surface area contributed by atoms with Crippen molar-refractivity contribution in [3.8, 4) is 11.3 Å². The van der Waals surface area contributed by atoms with Crippen molar-refractivity contribution in [1.82, 2.24) is 5.32 Å². The Morgan fingerprint density at radius 1 is 1.18 bits per heavy atom. The molecule has 1 saturated carbocycles. The lowest BCUT2D eigenvalue weighted by molar-refractivity contribution is 0.0964. The van der Waals surface area contributed by atoms with Crippen molar-refractivity contribution in [3.63, 3.8) is 0 Å². The molecule has 1 unspecified atom stereocenters.